The molecule has 2 rings (SSSR count). The van der Waals surface area contributed by atoms with Gasteiger partial charge in [-0.05, 0) is 12.1 Å². The van der Waals surface area contributed by atoms with Crippen LogP contribution in [0.25, 0.3) is 0 Å². The minimum absolute atomic E-state index is 0.0138. The molecule has 4 heteroatoms. The van der Waals surface area contributed by atoms with E-state index in [1.54, 1.807) is 0 Å². The maximum absolute atomic E-state index is 11.6. The number of nitrogens with zero attached hydrogens (tertiary/aromatic N) is 1. The van der Waals surface area contributed by atoms with Gasteiger partial charge in [0.05, 0.1) is 5.69 Å². The third-order valence-corrected chi connectivity index (χ3v) is 2.89. The first kappa shape index (κ1) is 9.27. The van der Waals surface area contributed by atoms with Crippen LogP contribution in [0.3, 0.4) is 0 Å². The molecule has 1 aliphatic heterocycles. The molecule has 1 aliphatic rings. The zero-order valence-electron chi connectivity index (χ0n) is 7.56. The summed E-state index contributed by atoms with van der Waals surface area (Å²) in [4.78, 5) is 13.0. The summed E-state index contributed by atoms with van der Waals surface area (Å²) in [6.45, 7) is 0. The molecule has 1 aromatic rings. The van der Waals surface area contributed by atoms with Crippen molar-refractivity contribution in [3.05, 3.63) is 30.3 Å². The van der Waals surface area contributed by atoms with Gasteiger partial charge in [0.1, 0.15) is 0 Å². The van der Waals surface area contributed by atoms with E-state index in [4.69, 9.17) is 5.41 Å². The average molecular weight is 206 g/mol. The Hall–Kier alpha value is -1.29. The molecule has 3 nitrogen and oxygen atoms in total. The molecule has 1 aromatic carbocycles. The molecule has 0 radical (unpaired) electrons. The number of rotatable bonds is 1. The van der Waals surface area contributed by atoms with Crippen molar-refractivity contribution in [2.24, 2.45) is 0 Å². The molecule has 0 aliphatic carbocycles. The standard InChI is InChI=1S/C10H10N2OS/c11-10-12(9(13)6-7-14-10)8-4-2-1-3-5-8/h1-5,11H,6-7H2. The van der Waals surface area contributed by atoms with Crippen LogP contribution in [0.4, 0.5) is 5.69 Å². The second-order valence-electron chi connectivity index (χ2n) is 2.97. The molecule has 72 valence electrons. The SMILES string of the molecule is N=C1SCCC(=O)N1c1ccccc1. The van der Waals surface area contributed by atoms with E-state index in [-0.39, 0.29) is 5.91 Å². The Kier molecular flexibility index (Phi) is 2.54. The molecule has 0 saturated carbocycles. The number of amidine groups is 1. The summed E-state index contributed by atoms with van der Waals surface area (Å²) in [7, 11) is 0. The number of hydrogen-bond donors (Lipinski definition) is 1. The van der Waals surface area contributed by atoms with Crippen LogP contribution in [0.2, 0.25) is 0 Å². The van der Waals surface area contributed by atoms with Gasteiger partial charge >= 0.3 is 0 Å². The van der Waals surface area contributed by atoms with Gasteiger partial charge in [-0.15, -0.1) is 0 Å². The van der Waals surface area contributed by atoms with Crippen molar-refractivity contribution in [2.75, 3.05) is 10.7 Å². The summed E-state index contributed by atoms with van der Waals surface area (Å²) in [5.41, 5.74) is 0.787. The Bertz CT molecular complexity index is 348. The van der Waals surface area contributed by atoms with E-state index in [0.717, 1.165) is 11.4 Å². The summed E-state index contributed by atoms with van der Waals surface area (Å²) < 4.78 is 0. The number of anilines is 1. The van der Waals surface area contributed by atoms with Crippen molar-refractivity contribution in [3.63, 3.8) is 0 Å². The largest absolute Gasteiger partial charge is 0.278 e. The molecule has 1 saturated heterocycles. The average Bonchev–Trinajstić information content (AvgIpc) is 2.19. The number of hydrogen-bond acceptors (Lipinski definition) is 3. The molecule has 1 fully saturated rings. The quantitative estimate of drug-likeness (QED) is 0.764. The van der Waals surface area contributed by atoms with E-state index < -0.39 is 0 Å². The number of para-hydroxylation sites is 1. The lowest BCUT2D eigenvalue weighted by Gasteiger charge is -2.26. The molecule has 0 unspecified atom stereocenters. The van der Waals surface area contributed by atoms with E-state index in [1.165, 1.54) is 16.7 Å². The maximum atomic E-state index is 11.6. The predicted molar refractivity (Wildman–Crippen MR) is 58.7 cm³/mol. The van der Waals surface area contributed by atoms with Crippen LogP contribution in [0.5, 0.6) is 0 Å². The Morgan fingerprint density at radius 2 is 2.00 bits per heavy atom. The third-order valence-electron chi connectivity index (χ3n) is 2.02. The topological polar surface area (TPSA) is 44.2 Å². The van der Waals surface area contributed by atoms with Crippen LogP contribution in [0.15, 0.2) is 30.3 Å². The Morgan fingerprint density at radius 1 is 1.29 bits per heavy atom. The normalized spacial score (nSPS) is 17.3. The molecule has 1 heterocycles. The lowest BCUT2D eigenvalue weighted by Crippen LogP contribution is -2.38. The minimum atomic E-state index is 0.0138. The first-order valence-electron chi connectivity index (χ1n) is 4.38. The Balaban J connectivity index is 2.32. The summed E-state index contributed by atoms with van der Waals surface area (Å²) in [6, 6.07) is 9.33. The van der Waals surface area contributed by atoms with Crippen LogP contribution in [-0.4, -0.2) is 16.8 Å². The molecule has 0 aromatic heterocycles. The highest BCUT2D eigenvalue weighted by Crippen LogP contribution is 2.24. The van der Waals surface area contributed by atoms with E-state index in [0.29, 0.717) is 11.6 Å². The number of benzene rings is 1. The van der Waals surface area contributed by atoms with Crippen LogP contribution in [0, 0.1) is 5.41 Å². The first-order valence-corrected chi connectivity index (χ1v) is 5.37. The van der Waals surface area contributed by atoms with Gasteiger partial charge in [0.25, 0.3) is 0 Å². The van der Waals surface area contributed by atoms with Crippen molar-refractivity contribution in [3.8, 4) is 0 Å². The number of nitrogens with one attached hydrogen (secondary N) is 1. The van der Waals surface area contributed by atoms with Crippen LogP contribution < -0.4 is 4.90 Å². The van der Waals surface area contributed by atoms with Crippen molar-refractivity contribution in [2.45, 2.75) is 6.42 Å². The van der Waals surface area contributed by atoms with E-state index in [1.807, 2.05) is 30.3 Å². The second kappa shape index (κ2) is 3.84. The van der Waals surface area contributed by atoms with Crippen LogP contribution >= 0.6 is 11.8 Å². The van der Waals surface area contributed by atoms with Gasteiger partial charge < -0.3 is 0 Å². The molecule has 0 atom stereocenters. The number of amides is 1. The zero-order chi connectivity index (χ0) is 9.97. The highest BCUT2D eigenvalue weighted by Gasteiger charge is 2.24. The van der Waals surface area contributed by atoms with Crippen molar-refractivity contribution < 1.29 is 4.79 Å². The molecule has 0 spiro atoms. The number of carbonyl (C=O) groups is 1. The first-order chi connectivity index (χ1) is 6.79. The van der Waals surface area contributed by atoms with Gasteiger partial charge in [-0.1, -0.05) is 30.0 Å². The van der Waals surface area contributed by atoms with E-state index in [9.17, 15) is 4.79 Å². The Morgan fingerprint density at radius 3 is 2.64 bits per heavy atom. The van der Waals surface area contributed by atoms with Crippen LogP contribution in [0.1, 0.15) is 6.42 Å². The highest BCUT2D eigenvalue weighted by atomic mass is 32.2. The Labute approximate surface area is 86.6 Å². The number of thioether (sulfide) groups is 1. The third kappa shape index (κ3) is 1.65. The fourth-order valence-electron chi connectivity index (χ4n) is 1.36. The fourth-order valence-corrected chi connectivity index (χ4v) is 2.17. The van der Waals surface area contributed by atoms with Gasteiger partial charge in [0, 0.05) is 12.2 Å². The zero-order valence-corrected chi connectivity index (χ0v) is 8.38. The van der Waals surface area contributed by atoms with Crippen molar-refractivity contribution in [1.29, 1.82) is 5.41 Å². The maximum Gasteiger partial charge on any atom is 0.233 e. The van der Waals surface area contributed by atoms with E-state index >= 15 is 0 Å². The molecule has 1 N–H and O–H groups in total. The summed E-state index contributed by atoms with van der Waals surface area (Å²) in [6.07, 6.45) is 0.516. The molecule has 14 heavy (non-hydrogen) atoms. The van der Waals surface area contributed by atoms with Gasteiger partial charge in [-0.25, -0.2) is 0 Å². The molecule has 0 bridgehead atoms. The van der Waals surface area contributed by atoms with E-state index in [2.05, 4.69) is 0 Å². The lowest BCUT2D eigenvalue weighted by molar-refractivity contribution is -0.117. The molecular weight excluding hydrogens is 196 g/mol. The van der Waals surface area contributed by atoms with Gasteiger partial charge in [0.15, 0.2) is 5.17 Å². The van der Waals surface area contributed by atoms with Crippen molar-refractivity contribution >= 4 is 28.5 Å². The predicted octanol–water partition coefficient (Wildman–Crippen LogP) is 2.09. The van der Waals surface area contributed by atoms with Gasteiger partial charge in [0.2, 0.25) is 5.91 Å². The van der Waals surface area contributed by atoms with Gasteiger partial charge in [-0.3, -0.25) is 15.1 Å². The second-order valence-corrected chi connectivity index (χ2v) is 4.05. The van der Waals surface area contributed by atoms with Crippen molar-refractivity contribution in [1.82, 2.24) is 0 Å². The summed E-state index contributed by atoms with van der Waals surface area (Å²) in [5, 5.41) is 8.01. The smallest absolute Gasteiger partial charge is 0.233 e. The monoisotopic (exact) mass is 206 g/mol. The minimum Gasteiger partial charge on any atom is -0.278 e. The van der Waals surface area contributed by atoms with Crippen LogP contribution in [-0.2, 0) is 4.79 Å². The fraction of sp³-hybridized carbons (Fsp3) is 0.200. The lowest BCUT2D eigenvalue weighted by atomic mass is 10.3. The number of carbonyl (C=O) groups excluding carboxylic acids is 1. The molecule has 1 amide bonds. The highest BCUT2D eigenvalue weighted by molar-refractivity contribution is 8.14. The summed E-state index contributed by atoms with van der Waals surface area (Å²) >= 11 is 1.41. The van der Waals surface area contributed by atoms with Gasteiger partial charge in [-0.2, -0.15) is 0 Å². The molecular formula is C10H10N2OS. The summed E-state index contributed by atoms with van der Waals surface area (Å²) in [5.74, 6) is 0.737.